The first-order valence-electron chi connectivity index (χ1n) is 8.70. The number of benzene rings is 1. The van der Waals surface area contributed by atoms with Gasteiger partial charge >= 0.3 is 0 Å². The molecule has 26 heavy (non-hydrogen) atoms. The van der Waals surface area contributed by atoms with Gasteiger partial charge in [-0.05, 0) is 24.8 Å². The van der Waals surface area contributed by atoms with E-state index in [2.05, 4.69) is 12.3 Å². The molecule has 2 unspecified atom stereocenters. The monoisotopic (exact) mass is 415 g/mol. The van der Waals surface area contributed by atoms with E-state index in [1.165, 1.54) is 5.01 Å². The summed E-state index contributed by atoms with van der Waals surface area (Å²) in [4.78, 5) is 19.3. The molecule has 1 aromatic carbocycles. The highest BCUT2D eigenvalue weighted by atomic mass is 35.5. The van der Waals surface area contributed by atoms with Crippen molar-refractivity contribution in [3.63, 3.8) is 0 Å². The van der Waals surface area contributed by atoms with Crippen molar-refractivity contribution in [1.82, 2.24) is 9.88 Å². The van der Waals surface area contributed by atoms with Crippen LogP contribution in [0.4, 0.5) is 0 Å². The van der Waals surface area contributed by atoms with Crippen LogP contribution in [0.15, 0.2) is 35.7 Å². The molecule has 1 saturated heterocycles. The maximum Gasteiger partial charge on any atom is 0.224 e. The third kappa shape index (κ3) is 5.68. The molecule has 2 atom stereocenters. The number of likely N-dealkylation sites (tertiary alicyclic amines) is 1. The number of nitrogens with two attached hydrogens (primary N) is 1. The van der Waals surface area contributed by atoms with Crippen LogP contribution in [0.2, 0.25) is 0 Å². The number of halogens is 2. The number of piperidine rings is 1. The Morgan fingerprint density at radius 1 is 1.35 bits per heavy atom. The summed E-state index contributed by atoms with van der Waals surface area (Å²) in [6.07, 6.45) is 3.50. The molecule has 3 rings (SSSR count). The lowest BCUT2D eigenvalue weighted by atomic mass is 9.97. The van der Waals surface area contributed by atoms with Crippen molar-refractivity contribution in [3.05, 3.63) is 52.0 Å². The fourth-order valence-electron chi connectivity index (χ4n) is 3.21. The zero-order valence-electron chi connectivity index (χ0n) is 15.0. The van der Waals surface area contributed by atoms with E-state index in [9.17, 15) is 4.79 Å². The fourth-order valence-corrected chi connectivity index (χ4v) is 4.24. The predicted octanol–water partition coefficient (Wildman–Crippen LogP) is 4.35. The average molecular weight is 416 g/mol. The normalized spacial score (nSPS) is 17.8. The third-order valence-electron chi connectivity index (χ3n) is 4.68. The van der Waals surface area contributed by atoms with Gasteiger partial charge in [0.1, 0.15) is 0 Å². The van der Waals surface area contributed by atoms with E-state index in [4.69, 9.17) is 10.7 Å². The molecule has 7 heteroatoms. The number of hydrogen-bond donors (Lipinski definition) is 1. The van der Waals surface area contributed by atoms with Crippen LogP contribution in [0.5, 0.6) is 0 Å². The van der Waals surface area contributed by atoms with Crippen LogP contribution in [-0.4, -0.2) is 28.9 Å². The zero-order chi connectivity index (χ0) is 16.9. The molecule has 2 heterocycles. The van der Waals surface area contributed by atoms with Crippen LogP contribution in [0.1, 0.15) is 54.4 Å². The molecule has 1 fully saturated rings. The van der Waals surface area contributed by atoms with Gasteiger partial charge < -0.3 is 10.6 Å². The standard InChI is InChI=1S/C19H25N3OS.2ClH/c1-2-16-13-24-19(21-16)15-9-6-10-22(12-15)18(23)11-17(20)14-7-4-3-5-8-14;;/h3-5,7-8,13,15,17H,2,6,9-12,20H2,1H3;2*1H. The molecule has 4 nitrogen and oxygen atoms in total. The Bertz CT molecular complexity index is 680. The van der Waals surface area contributed by atoms with E-state index >= 15 is 0 Å². The molecule has 0 saturated carbocycles. The van der Waals surface area contributed by atoms with Gasteiger partial charge in [0, 0.05) is 36.9 Å². The number of aryl methyl sites for hydroxylation is 1. The molecular weight excluding hydrogens is 389 g/mol. The van der Waals surface area contributed by atoms with Gasteiger partial charge in [0.25, 0.3) is 0 Å². The van der Waals surface area contributed by atoms with E-state index < -0.39 is 0 Å². The lowest BCUT2D eigenvalue weighted by Crippen LogP contribution is -2.40. The Labute approximate surface area is 172 Å². The highest BCUT2D eigenvalue weighted by molar-refractivity contribution is 7.09. The van der Waals surface area contributed by atoms with Gasteiger partial charge in [0.2, 0.25) is 5.91 Å². The maximum atomic E-state index is 12.6. The first-order chi connectivity index (χ1) is 11.7. The minimum Gasteiger partial charge on any atom is -0.342 e. The average Bonchev–Trinajstić information content (AvgIpc) is 3.12. The number of amides is 1. The quantitative estimate of drug-likeness (QED) is 0.789. The highest BCUT2D eigenvalue weighted by Crippen LogP contribution is 2.30. The third-order valence-corrected chi connectivity index (χ3v) is 5.73. The van der Waals surface area contributed by atoms with E-state index in [0.29, 0.717) is 12.3 Å². The molecule has 0 radical (unpaired) electrons. The summed E-state index contributed by atoms with van der Waals surface area (Å²) in [6.45, 7) is 3.74. The fraction of sp³-hybridized carbons (Fsp3) is 0.474. The number of nitrogens with zero attached hydrogens (tertiary/aromatic N) is 2. The van der Waals surface area contributed by atoms with Crippen molar-refractivity contribution in [1.29, 1.82) is 0 Å². The number of carbonyl (C=O) groups excluding carboxylic acids is 1. The number of carbonyl (C=O) groups is 1. The lowest BCUT2D eigenvalue weighted by molar-refractivity contribution is -0.132. The van der Waals surface area contributed by atoms with Crippen LogP contribution in [0.3, 0.4) is 0 Å². The maximum absolute atomic E-state index is 12.6. The molecule has 1 aliphatic rings. The Morgan fingerprint density at radius 2 is 2.08 bits per heavy atom. The van der Waals surface area contributed by atoms with E-state index in [0.717, 1.165) is 43.6 Å². The summed E-state index contributed by atoms with van der Waals surface area (Å²) in [5.41, 5.74) is 8.39. The second-order valence-electron chi connectivity index (χ2n) is 6.43. The van der Waals surface area contributed by atoms with Crippen molar-refractivity contribution in [2.45, 2.75) is 44.6 Å². The Morgan fingerprint density at radius 3 is 2.73 bits per heavy atom. The first-order valence-corrected chi connectivity index (χ1v) is 9.58. The number of rotatable bonds is 5. The molecule has 2 aromatic rings. The molecule has 0 aliphatic carbocycles. The van der Waals surface area contributed by atoms with Crippen LogP contribution in [0, 0.1) is 0 Å². The second kappa shape index (κ2) is 10.9. The minimum atomic E-state index is -0.231. The predicted molar refractivity (Wildman–Crippen MR) is 113 cm³/mol. The topological polar surface area (TPSA) is 59.2 Å². The second-order valence-corrected chi connectivity index (χ2v) is 7.32. The summed E-state index contributed by atoms with van der Waals surface area (Å²) in [6, 6.07) is 9.63. The van der Waals surface area contributed by atoms with Gasteiger partial charge in [-0.15, -0.1) is 36.2 Å². The summed E-state index contributed by atoms with van der Waals surface area (Å²) in [5, 5.41) is 3.32. The molecule has 0 spiro atoms. The van der Waals surface area contributed by atoms with Crippen LogP contribution < -0.4 is 5.73 Å². The summed E-state index contributed by atoms with van der Waals surface area (Å²) >= 11 is 1.73. The molecule has 1 aromatic heterocycles. The molecular formula is C19H27Cl2N3OS. The smallest absolute Gasteiger partial charge is 0.224 e. The number of hydrogen-bond acceptors (Lipinski definition) is 4. The van der Waals surface area contributed by atoms with Crippen molar-refractivity contribution in [3.8, 4) is 0 Å². The molecule has 2 N–H and O–H groups in total. The van der Waals surface area contributed by atoms with Gasteiger partial charge in [0.15, 0.2) is 0 Å². The van der Waals surface area contributed by atoms with Gasteiger partial charge in [-0.25, -0.2) is 4.98 Å². The summed E-state index contributed by atoms with van der Waals surface area (Å²) < 4.78 is 0. The van der Waals surface area contributed by atoms with Crippen molar-refractivity contribution in [2.24, 2.45) is 5.73 Å². The van der Waals surface area contributed by atoms with Gasteiger partial charge in [-0.1, -0.05) is 37.3 Å². The number of thiazole rings is 1. The zero-order valence-corrected chi connectivity index (χ0v) is 17.4. The van der Waals surface area contributed by atoms with Crippen LogP contribution in [0.25, 0.3) is 0 Å². The molecule has 1 amide bonds. The molecule has 1 aliphatic heterocycles. The lowest BCUT2D eigenvalue weighted by Gasteiger charge is -2.32. The SMILES string of the molecule is CCc1csc(C2CCCN(C(=O)CC(N)c3ccccc3)C2)n1.Cl.Cl. The largest absolute Gasteiger partial charge is 0.342 e. The van der Waals surface area contributed by atoms with Gasteiger partial charge in [0.05, 0.1) is 10.7 Å². The Hall–Kier alpha value is -1.14. The molecule has 144 valence electrons. The highest BCUT2D eigenvalue weighted by Gasteiger charge is 2.27. The van der Waals surface area contributed by atoms with Crippen molar-refractivity contribution >= 4 is 42.1 Å². The summed E-state index contributed by atoms with van der Waals surface area (Å²) in [7, 11) is 0. The van der Waals surface area contributed by atoms with Gasteiger partial charge in [-0.2, -0.15) is 0 Å². The van der Waals surface area contributed by atoms with E-state index in [1.54, 1.807) is 11.3 Å². The van der Waals surface area contributed by atoms with Crippen molar-refractivity contribution in [2.75, 3.05) is 13.1 Å². The van der Waals surface area contributed by atoms with E-state index in [1.807, 2.05) is 35.2 Å². The first kappa shape index (κ1) is 22.9. The van der Waals surface area contributed by atoms with Crippen molar-refractivity contribution < 1.29 is 4.79 Å². The molecule has 0 bridgehead atoms. The van der Waals surface area contributed by atoms with Crippen LogP contribution in [-0.2, 0) is 11.2 Å². The summed E-state index contributed by atoms with van der Waals surface area (Å²) in [5.74, 6) is 0.532. The van der Waals surface area contributed by atoms with E-state index in [-0.39, 0.29) is 36.8 Å². The Kier molecular flexibility index (Phi) is 9.58. The Balaban J connectivity index is 0.00000169. The minimum absolute atomic E-state index is 0. The van der Waals surface area contributed by atoms with Gasteiger partial charge in [-0.3, -0.25) is 4.79 Å². The number of aromatic nitrogens is 1. The van der Waals surface area contributed by atoms with Crippen LogP contribution >= 0.6 is 36.2 Å².